The van der Waals surface area contributed by atoms with Gasteiger partial charge in [-0.2, -0.15) is 0 Å². The van der Waals surface area contributed by atoms with Crippen LogP contribution in [0.4, 0.5) is 13.2 Å². The lowest BCUT2D eigenvalue weighted by Gasteiger charge is -2.15. The van der Waals surface area contributed by atoms with Crippen LogP contribution in [-0.2, 0) is 10.0 Å². The fraction of sp³-hybridized carbons (Fsp3) is 0.188. The number of ether oxygens (including phenoxy) is 1. The Hall–Kier alpha value is -2.59. The van der Waals surface area contributed by atoms with Gasteiger partial charge in [-0.3, -0.25) is 4.79 Å². The Bertz CT molecular complexity index is 879. The number of carbonyl (C=O) groups excluding carboxylic acids is 1. The lowest BCUT2D eigenvalue weighted by molar-refractivity contribution is -0.274. The van der Waals surface area contributed by atoms with E-state index in [9.17, 15) is 26.4 Å². The zero-order valence-corrected chi connectivity index (χ0v) is 14.3. The van der Waals surface area contributed by atoms with Gasteiger partial charge in [0.2, 0.25) is 10.0 Å². The molecule has 1 amide bonds. The molecule has 0 saturated carbocycles. The van der Waals surface area contributed by atoms with Gasteiger partial charge in [0, 0.05) is 5.56 Å². The Balaban J connectivity index is 2.04. The second-order valence-corrected chi connectivity index (χ2v) is 6.94. The average Bonchev–Trinajstić information content (AvgIpc) is 2.53. The number of carbonyl (C=O) groups is 1. The first-order valence-corrected chi connectivity index (χ1v) is 8.80. The molecule has 140 valence electrons. The Morgan fingerprint density at radius 2 is 1.62 bits per heavy atom. The zero-order valence-electron chi connectivity index (χ0n) is 13.4. The van der Waals surface area contributed by atoms with Gasteiger partial charge in [-0.1, -0.05) is 12.1 Å². The number of sulfonamides is 1. The highest BCUT2D eigenvalue weighted by molar-refractivity contribution is 7.89. The summed E-state index contributed by atoms with van der Waals surface area (Å²) >= 11 is 0. The molecule has 0 bridgehead atoms. The molecule has 10 heteroatoms. The largest absolute Gasteiger partial charge is 0.573 e. The summed E-state index contributed by atoms with van der Waals surface area (Å²) < 4.78 is 62.5. The predicted molar refractivity (Wildman–Crippen MR) is 86.8 cm³/mol. The van der Waals surface area contributed by atoms with Crippen molar-refractivity contribution < 1.29 is 31.1 Å². The van der Waals surface area contributed by atoms with Crippen LogP contribution in [0.3, 0.4) is 0 Å². The fourth-order valence-electron chi connectivity index (χ4n) is 2.12. The number of amides is 1. The Kier molecular flexibility index (Phi) is 5.57. The van der Waals surface area contributed by atoms with E-state index >= 15 is 0 Å². The molecular formula is C16H15F3N2O4S. The van der Waals surface area contributed by atoms with Crippen molar-refractivity contribution in [1.82, 2.24) is 5.32 Å². The van der Waals surface area contributed by atoms with E-state index in [1.54, 1.807) is 6.92 Å². The molecular weight excluding hydrogens is 373 g/mol. The fourth-order valence-corrected chi connectivity index (χ4v) is 2.63. The minimum atomic E-state index is -4.80. The number of halogens is 3. The molecule has 26 heavy (non-hydrogen) atoms. The van der Waals surface area contributed by atoms with Crippen LogP contribution in [0.1, 0.15) is 28.9 Å². The smallest absolute Gasteiger partial charge is 0.406 e. The van der Waals surface area contributed by atoms with E-state index < -0.39 is 34.1 Å². The summed E-state index contributed by atoms with van der Waals surface area (Å²) in [5.41, 5.74) is 0.773. The Morgan fingerprint density at radius 1 is 1.08 bits per heavy atom. The second kappa shape index (κ2) is 7.34. The molecule has 0 aromatic heterocycles. The standard InChI is InChI=1S/C16H15F3N2O4S/c1-10(11-4-8-14(9-5-11)26(20,23)24)21-15(22)12-2-6-13(7-3-12)25-16(17,18)19/h2-10H,1H3,(H,21,22)(H2,20,23,24)/t10-/m0/s1. The maximum atomic E-state index is 12.2. The van der Waals surface area contributed by atoms with Crippen LogP contribution >= 0.6 is 0 Å². The third-order valence-electron chi connectivity index (χ3n) is 3.41. The third kappa shape index (κ3) is 5.46. The van der Waals surface area contributed by atoms with Crippen molar-refractivity contribution in [2.45, 2.75) is 24.2 Å². The van der Waals surface area contributed by atoms with Gasteiger partial charge in [0.15, 0.2) is 0 Å². The van der Waals surface area contributed by atoms with Gasteiger partial charge in [-0.15, -0.1) is 13.2 Å². The van der Waals surface area contributed by atoms with Gasteiger partial charge >= 0.3 is 6.36 Å². The monoisotopic (exact) mass is 388 g/mol. The van der Waals surface area contributed by atoms with Crippen molar-refractivity contribution in [3.05, 3.63) is 59.7 Å². The van der Waals surface area contributed by atoms with Gasteiger partial charge in [0.1, 0.15) is 5.75 Å². The van der Waals surface area contributed by atoms with Crippen molar-refractivity contribution in [2.75, 3.05) is 0 Å². The van der Waals surface area contributed by atoms with E-state index in [0.717, 1.165) is 12.1 Å². The van der Waals surface area contributed by atoms with E-state index in [1.807, 2.05) is 0 Å². The summed E-state index contributed by atoms with van der Waals surface area (Å²) in [7, 11) is -3.81. The highest BCUT2D eigenvalue weighted by Gasteiger charge is 2.31. The van der Waals surface area contributed by atoms with Crippen molar-refractivity contribution in [2.24, 2.45) is 5.14 Å². The molecule has 2 aromatic carbocycles. The van der Waals surface area contributed by atoms with E-state index in [1.165, 1.54) is 36.4 Å². The van der Waals surface area contributed by atoms with Crippen LogP contribution in [-0.4, -0.2) is 20.7 Å². The number of hydrogen-bond acceptors (Lipinski definition) is 4. The molecule has 0 radical (unpaired) electrons. The average molecular weight is 388 g/mol. The van der Waals surface area contributed by atoms with Crippen LogP contribution in [0.5, 0.6) is 5.75 Å². The van der Waals surface area contributed by atoms with Gasteiger partial charge < -0.3 is 10.1 Å². The summed E-state index contributed by atoms with van der Waals surface area (Å²) in [6, 6.07) is 9.65. The molecule has 0 unspecified atom stereocenters. The van der Waals surface area contributed by atoms with Crippen molar-refractivity contribution in [3.63, 3.8) is 0 Å². The summed E-state index contributed by atoms with van der Waals surface area (Å²) in [5, 5.41) is 7.67. The lowest BCUT2D eigenvalue weighted by Crippen LogP contribution is -2.26. The van der Waals surface area contributed by atoms with Gasteiger partial charge in [-0.05, 0) is 48.9 Å². The molecule has 1 atom stereocenters. The molecule has 0 aliphatic carbocycles. The van der Waals surface area contributed by atoms with Crippen LogP contribution in [0, 0.1) is 0 Å². The summed E-state index contributed by atoms with van der Waals surface area (Å²) in [6.07, 6.45) is -4.80. The number of nitrogens with two attached hydrogens (primary N) is 1. The quantitative estimate of drug-likeness (QED) is 0.823. The normalized spacial score (nSPS) is 13.1. The maximum Gasteiger partial charge on any atom is 0.573 e. The number of alkyl halides is 3. The molecule has 0 aliphatic heterocycles. The first kappa shape index (κ1) is 19.7. The molecule has 2 rings (SSSR count). The SMILES string of the molecule is C[C@H](NC(=O)c1ccc(OC(F)(F)F)cc1)c1ccc(S(N)(=O)=O)cc1. The number of hydrogen-bond donors (Lipinski definition) is 2. The topological polar surface area (TPSA) is 98.5 Å². The van der Waals surface area contributed by atoms with E-state index in [2.05, 4.69) is 10.1 Å². The lowest BCUT2D eigenvalue weighted by atomic mass is 10.1. The van der Waals surface area contributed by atoms with Crippen LogP contribution < -0.4 is 15.2 Å². The van der Waals surface area contributed by atoms with Crippen LogP contribution in [0.15, 0.2) is 53.4 Å². The zero-order chi connectivity index (χ0) is 19.5. The van der Waals surface area contributed by atoms with E-state index in [4.69, 9.17) is 5.14 Å². The van der Waals surface area contributed by atoms with Gasteiger partial charge in [0.05, 0.1) is 10.9 Å². The van der Waals surface area contributed by atoms with Gasteiger partial charge in [-0.25, -0.2) is 13.6 Å². The van der Waals surface area contributed by atoms with Gasteiger partial charge in [0.25, 0.3) is 5.91 Å². The van der Waals surface area contributed by atoms with Crippen molar-refractivity contribution in [1.29, 1.82) is 0 Å². The second-order valence-electron chi connectivity index (χ2n) is 5.38. The molecule has 3 N–H and O–H groups in total. The van der Waals surface area contributed by atoms with E-state index in [-0.39, 0.29) is 10.5 Å². The molecule has 0 aliphatic rings. The minimum absolute atomic E-state index is 0.0555. The Morgan fingerprint density at radius 3 is 2.08 bits per heavy atom. The highest BCUT2D eigenvalue weighted by atomic mass is 32.2. The number of rotatable bonds is 5. The highest BCUT2D eigenvalue weighted by Crippen LogP contribution is 2.23. The Labute approximate surface area is 147 Å². The minimum Gasteiger partial charge on any atom is -0.406 e. The van der Waals surface area contributed by atoms with Crippen LogP contribution in [0.25, 0.3) is 0 Å². The summed E-state index contributed by atoms with van der Waals surface area (Å²) in [5.74, 6) is -0.938. The van der Waals surface area contributed by atoms with Crippen LogP contribution in [0.2, 0.25) is 0 Å². The molecule has 0 spiro atoms. The number of primary sulfonamides is 1. The molecule has 2 aromatic rings. The third-order valence-corrected chi connectivity index (χ3v) is 4.34. The summed E-state index contributed by atoms with van der Waals surface area (Å²) in [6.45, 7) is 1.67. The number of nitrogens with one attached hydrogen (secondary N) is 1. The first-order valence-electron chi connectivity index (χ1n) is 7.25. The van der Waals surface area contributed by atoms with E-state index in [0.29, 0.717) is 5.56 Å². The molecule has 0 fully saturated rings. The molecule has 6 nitrogen and oxygen atoms in total. The molecule has 0 heterocycles. The first-order chi connectivity index (χ1) is 12.0. The van der Waals surface area contributed by atoms with Crippen molar-refractivity contribution in [3.8, 4) is 5.75 Å². The maximum absolute atomic E-state index is 12.2. The number of benzene rings is 2. The van der Waals surface area contributed by atoms with Crippen molar-refractivity contribution >= 4 is 15.9 Å². The molecule has 0 saturated heterocycles. The summed E-state index contributed by atoms with van der Waals surface area (Å²) in [4.78, 5) is 12.1. The predicted octanol–water partition coefficient (Wildman–Crippen LogP) is 2.72.